The van der Waals surface area contributed by atoms with Gasteiger partial charge in [-0.2, -0.15) is 0 Å². The molecule has 17 heavy (non-hydrogen) atoms. The first-order valence-corrected chi connectivity index (χ1v) is 7.40. The zero-order valence-corrected chi connectivity index (χ0v) is 11.9. The molecule has 0 aliphatic heterocycles. The highest BCUT2D eigenvalue weighted by molar-refractivity contribution is 7.09. The molecule has 1 saturated carbocycles. The topological polar surface area (TPSA) is 28.2 Å². The Hall–Kier alpha value is -0.450. The van der Waals surface area contributed by atoms with Crippen molar-refractivity contribution in [2.75, 3.05) is 20.1 Å². The van der Waals surface area contributed by atoms with Crippen LogP contribution < -0.4 is 5.32 Å². The third-order valence-electron chi connectivity index (χ3n) is 3.68. The van der Waals surface area contributed by atoms with E-state index >= 15 is 0 Å². The van der Waals surface area contributed by atoms with Crippen LogP contribution in [0.3, 0.4) is 0 Å². The minimum atomic E-state index is 0.746. The third-order valence-corrected chi connectivity index (χ3v) is 4.50. The van der Waals surface area contributed by atoms with Crippen molar-refractivity contribution in [1.29, 1.82) is 0 Å². The van der Waals surface area contributed by atoms with E-state index in [9.17, 15) is 0 Å². The summed E-state index contributed by atoms with van der Waals surface area (Å²) in [5.41, 5.74) is 1.23. The predicted molar refractivity (Wildman–Crippen MR) is 73.4 cm³/mol. The molecule has 1 N–H and O–H groups in total. The fraction of sp³-hybridized carbons (Fsp3) is 0.769. The molecule has 1 aromatic rings. The van der Waals surface area contributed by atoms with Crippen molar-refractivity contribution in [1.82, 2.24) is 15.2 Å². The van der Waals surface area contributed by atoms with E-state index in [2.05, 4.69) is 41.5 Å². The van der Waals surface area contributed by atoms with Crippen LogP contribution in [-0.4, -0.2) is 36.1 Å². The Morgan fingerprint density at radius 3 is 2.88 bits per heavy atom. The molecule has 1 fully saturated rings. The van der Waals surface area contributed by atoms with Gasteiger partial charge in [0.05, 0.1) is 10.7 Å². The van der Waals surface area contributed by atoms with E-state index in [0.717, 1.165) is 25.0 Å². The fourth-order valence-corrected chi connectivity index (χ4v) is 3.16. The van der Waals surface area contributed by atoms with E-state index in [1.165, 1.54) is 30.1 Å². The lowest BCUT2D eigenvalue weighted by atomic mass is 9.78. The van der Waals surface area contributed by atoms with Gasteiger partial charge in [-0.3, -0.25) is 4.90 Å². The average Bonchev–Trinajstić information content (AvgIpc) is 2.62. The summed E-state index contributed by atoms with van der Waals surface area (Å²) >= 11 is 1.75. The zero-order valence-electron chi connectivity index (χ0n) is 11.1. The SMILES string of the molecule is CCNCC1CCC1N(C)Cc1csc(C)n1. The summed E-state index contributed by atoms with van der Waals surface area (Å²) in [5, 5.41) is 6.82. The van der Waals surface area contributed by atoms with E-state index in [-0.39, 0.29) is 0 Å². The number of aromatic nitrogens is 1. The van der Waals surface area contributed by atoms with Crippen LogP contribution >= 0.6 is 11.3 Å². The Kier molecular flexibility index (Phi) is 4.54. The minimum Gasteiger partial charge on any atom is -0.317 e. The van der Waals surface area contributed by atoms with Gasteiger partial charge in [0.25, 0.3) is 0 Å². The molecule has 1 heterocycles. The van der Waals surface area contributed by atoms with Gasteiger partial charge in [0.1, 0.15) is 0 Å². The molecule has 1 aromatic heterocycles. The quantitative estimate of drug-likeness (QED) is 0.843. The number of aryl methyl sites for hydroxylation is 1. The van der Waals surface area contributed by atoms with Gasteiger partial charge < -0.3 is 5.32 Å². The Balaban J connectivity index is 1.81. The summed E-state index contributed by atoms with van der Waals surface area (Å²) in [7, 11) is 2.23. The van der Waals surface area contributed by atoms with Crippen LogP contribution in [0, 0.1) is 12.8 Å². The van der Waals surface area contributed by atoms with Gasteiger partial charge in [-0.25, -0.2) is 4.98 Å². The van der Waals surface area contributed by atoms with E-state index in [1.807, 2.05) is 0 Å². The fourth-order valence-electron chi connectivity index (χ4n) is 2.55. The lowest BCUT2D eigenvalue weighted by Crippen LogP contribution is -2.48. The number of thiazole rings is 1. The highest BCUT2D eigenvalue weighted by Gasteiger charge is 2.33. The molecular weight excluding hydrogens is 230 g/mol. The average molecular weight is 253 g/mol. The highest BCUT2D eigenvalue weighted by atomic mass is 32.1. The van der Waals surface area contributed by atoms with Crippen molar-refractivity contribution < 1.29 is 0 Å². The van der Waals surface area contributed by atoms with Crippen molar-refractivity contribution in [3.05, 3.63) is 16.1 Å². The van der Waals surface area contributed by atoms with Crippen LogP contribution in [0.5, 0.6) is 0 Å². The molecule has 1 aliphatic rings. The molecule has 96 valence electrons. The third kappa shape index (κ3) is 3.27. The number of nitrogens with one attached hydrogen (secondary N) is 1. The normalized spacial score (nSPS) is 24.0. The predicted octanol–water partition coefficient (Wildman–Crippen LogP) is 2.27. The summed E-state index contributed by atoms with van der Waals surface area (Å²) in [4.78, 5) is 7.01. The largest absolute Gasteiger partial charge is 0.317 e. The number of rotatable bonds is 6. The van der Waals surface area contributed by atoms with Crippen molar-refractivity contribution >= 4 is 11.3 Å². The Morgan fingerprint density at radius 1 is 1.53 bits per heavy atom. The first kappa shape index (κ1) is 13.0. The van der Waals surface area contributed by atoms with Gasteiger partial charge in [0.2, 0.25) is 0 Å². The van der Waals surface area contributed by atoms with Gasteiger partial charge in [-0.1, -0.05) is 6.92 Å². The lowest BCUT2D eigenvalue weighted by Gasteiger charge is -2.42. The molecule has 0 bridgehead atoms. The van der Waals surface area contributed by atoms with Crippen LogP contribution in [0.2, 0.25) is 0 Å². The maximum atomic E-state index is 4.54. The molecular formula is C13H23N3S. The lowest BCUT2D eigenvalue weighted by molar-refractivity contribution is 0.0776. The maximum absolute atomic E-state index is 4.54. The molecule has 0 amide bonds. The van der Waals surface area contributed by atoms with Crippen LogP contribution in [0.4, 0.5) is 0 Å². The first-order chi connectivity index (χ1) is 8.20. The van der Waals surface area contributed by atoms with Crippen LogP contribution in [0.15, 0.2) is 5.38 Å². The van der Waals surface area contributed by atoms with Crippen molar-refractivity contribution in [2.45, 2.75) is 39.3 Å². The molecule has 4 heteroatoms. The number of nitrogens with zero attached hydrogens (tertiary/aromatic N) is 2. The second-order valence-electron chi connectivity index (χ2n) is 4.99. The van der Waals surface area contributed by atoms with E-state index in [1.54, 1.807) is 11.3 Å². The van der Waals surface area contributed by atoms with Crippen molar-refractivity contribution in [2.24, 2.45) is 5.92 Å². The molecule has 0 saturated heterocycles. The van der Waals surface area contributed by atoms with E-state index in [0.29, 0.717) is 0 Å². The molecule has 0 spiro atoms. The van der Waals surface area contributed by atoms with Crippen molar-refractivity contribution in [3.63, 3.8) is 0 Å². The molecule has 2 rings (SSSR count). The standard InChI is InChI=1S/C13H23N3S/c1-4-14-7-11-5-6-13(11)16(3)8-12-9-17-10(2)15-12/h9,11,13-14H,4-8H2,1-3H3. The highest BCUT2D eigenvalue weighted by Crippen LogP contribution is 2.31. The van der Waals surface area contributed by atoms with Gasteiger partial charge in [-0.05, 0) is 45.8 Å². The maximum Gasteiger partial charge on any atom is 0.0897 e. The molecule has 2 unspecified atom stereocenters. The molecule has 0 radical (unpaired) electrons. The van der Waals surface area contributed by atoms with Crippen LogP contribution in [0.25, 0.3) is 0 Å². The van der Waals surface area contributed by atoms with E-state index in [4.69, 9.17) is 0 Å². The zero-order chi connectivity index (χ0) is 12.3. The monoisotopic (exact) mass is 253 g/mol. The number of hydrogen-bond donors (Lipinski definition) is 1. The van der Waals surface area contributed by atoms with E-state index < -0.39 is 0 Å². The Labute approximate surface area is 108 Å². The van der Waals surface area contributed by atoms with Gasteiger partial charge in [0.15, 0.2) is 0 Å². The summed E-state index contributed by atoms with van der Waals surface area (Å²) in [5.74, 6) is 0.833. The summed E-state index contributed by atoms with van der Waals surface area (Å²) in [6, 6.07) is 0.746. The van der Waals surface area contributed by atoms with Crippen LogP contribution in [-0.2, 0) is 6.54 Å². The smallest absolute Gasteiger partial charge is 0.0897 e. The summed E-state index contributed by atoms with van der Waals surface area (Å²) in [6.45, 7) is 7.50. The van der Waals surface area contributed by atoms with Gasteiger partial charge in [0, 0.05) is 18.0 Å². The van der Waals surface area contributed by atoms with Crippen LogP contribution in [0.1, 0.15) is 30.5 Å². The second kappa shape index (κ2) is 5.94. The summed E-state index contributed by atoms with van der Waals surface area (Å²) in [6.07, 6.45) is 2.72. The summed E-state index contributed by atoms with van der Waals surface area (Å²) < 4.78 is 0. The number of hydrogen-bond acceptors (Lipinski definition) is 4. The first-order valence-electron chi connectivity index (χ1n) is 6.52. The van der Waals surface area contributed by atoms with Gasteiger partial charge >= 0.3 is 0 Å². The molecule has 1 aliphatic carbocycles. The molecule has 3 nitrogen and oxygen atoms in total. The van der Waals surface area contributed by atoms with Gasteiger partial charge in [-0.15, -0.1) is 11.3 Å². The second-order valence-corrected chi connectivity index (χ2v) is 6.05. The molecule has 0 aromatic carbocycles. The van der Waals surface area contributed by atoms with Crippen molar-refractivity contribution in [3.8, 4) is 0 Å². The molecule has 2 atom stereocenters. The Bertz CT molecular complexity index is 350. The minimum absolute atomic E-state index is 0.746. The Morgan fingerprint density at radius 2 is 2.35 bits per heavy atom.